The van der Waals surface area contributed by atoms with Crippen LogP contribution in [0.4, 0.5) is 0 Å². The quantitative estimate of drug-likeness (QED) is 0.396. The summed E-state index contributed by atoms with van der Waals surface area (Å²) in [5.74, 6) is 0.778. The molecule has 0 aliphatic heterocycles. The summed E-state index contributed by atoms with van der Waals surface area (Å²) in [6, 6.07) is 10.2. The minimum Gasteiger partial charge on any atom is -0.391 e. The molecular formula is C24H22N4O2S. The van der Waals surface area contributed by atoms with E-state index in [2.05, 4.69) is 39.3 Å². The van der Waals surface area contributed by atoms with Crippen molar-refractivity contribution in [2.75, 3.05) is 0 Å². The summed E-state index contributed by atoms with van der Waals surface area (Å²) in [7, 11) is 0. The average Bonchev–Trinajstić information content (AvgIpc) is 3.50. The van der Waals surface area contributed by atoms with E-state index >= 15 is 0 Å². The first-order chi connectivity index (χ1) is 15.1. The highest BCUT2D eigenvalue weighted by atomic mass is 32.1. The second-order valence-corrected chi connectivity index (χ2v) is 8.63. The highest BCUT2D eigenvalue weighted by Crippen LogP contribution is 2.37. The van der Waals surface area contributed by atoms with Crippen molar-refractivity contribution in [2.24, 2.45) is 0 Å². The molecular weight excluding hydrogens is 408 g/mol. The second kappa shape index (κ2) is 7.76. The Balaban J connectivity index is 1.74. The van der Waals surface area contributed by atoms with Gasteiger partial charge in [-0.2, -0.15) is 0 Å². The van der Waals surface area contributed by atoms with Gasteiger partial charge in [-0.3, -0.25) is 9.97 Å². The fourth-order valence-corrected chi connectivity index (χ4v) is 4.80. The number of thiophene rings is 1. The van der Waals surface area contributed by atoms with E-state index in [9.17, 15) is 5.11 Å². The van der Waals surface area contributed by atoms with E-state index in [1.807, 2.05) is 50.5 Å². The number of aliphatic hydroxyl groups excluding tert-OH is 1. The van der Waals surface area contributed by atoms with Gasteiger partial charge in [0.1, 0.15) is 5.76 Å². The van der Waals surface area contributed by atoms with Crippen molar-refractivity contribution in [2.45, 2.75) is 33.4 Å². The van der Waals surface area contributed by atoms with E-state index in [-0.39, 0.29) is 12.6 Å². The number of nitrogens with zero attached hydrogens (tertiary/aromatic N) is 4. The number of aliphatic hydroxyl groups is 1. The molecule has 156 valence electrons. The first-order valence-electron chi connectivity index (χ1n) is 10.1. The van der Waals surface area contributed by atoms with Gasteiger partial charge in [-0.05, 0) is 56.0 Å². The Bertz CT molecular complexity index is 1350. The van der Waals surface area contributed by atoms with Gasteiger partial charge in [0, 0.05) is 40.2 Å². The molecule has 5 rings (SSSR count). The summed E-state index contributed by atoms with van der Waals surface area (Å²) in [6.45, 7) is 6.04. The van der Waals surface area contributed by atoms with Gasteiger partial charge in [0.15, 0.2) is 0 Å². The average molecular weight is 431 g/mol. The van der Waals surface area contributed by atoms with Crippen LogP contribution in [-0.4, -0.2) is 24.8 Å². The first-order valence-corrected chi connectivity index (χ1v) is 11.0. The standard InChI is InChI=1S/C24H22N4O2S/c1-14-23(16(3)30-27-14)17-9-22-24(26-10-17)20(18-8-19(12-29)31-13-18)11-28(22)15(2)21-6-4-5-7-25-21/h4-11,13,15,29H,12H2,1-3H3/t15-/m0/s1. The molecule has 0 fully saturated rings. The van der Waals surface area contributed by atoms with Crippen LogP contribution in [0.5, 0.6) is 0 Å². The molecule has 0 spiro atoms. The van der Waals surface area contributed by atoms with Crippen LogP contribution in [0, 0.1) is 13.8 Å². The number of aromatic nitrogens is 4. The third-order valence-corrected chi connectivity index (χ3v) is 6.57. The Labute approximate surface area is 183 Å². The van der Waals surface area contributed by atoms with Crippen LogP contribution in [0.15, 0.2) is 58.8 Å². The Morgan fingerprint density at radius 2 is 2.03 bits per heavy atom. The molecule has 5 aromatic rings. The van der Waals surface area contributed by atoms with Gasteiger partial charge in [-0.25, -0.2) is 0 Å². The molecule has 0 radical (unpaired) electrons. The molecule has 31 heavy (non-hydrogen) atoms. The maximum absolute atomic E-state index is 9.51. The van der Waals surface area contributed by atoms with Crippen LogP contribution >= 0.6 is 11.3 Å². The Morgan fingerprint density at radius 3 is 2.71 bits per heavy atom. The predicted molar refractivity (Wildman–Crippen MR) is 122 cm³/mol. The summed E-state index contributed by atoms with van der Waals surface area (Å²) >= 11 is 1.55. The molecule has 0 aliphatic rings. The van der Waals surface area contributed by atoms with Crippen molar-refractivity contribution in [1.82, 2.24) is 19.7 Å². The molecule has 0 saturated heterocycles. The molecule has 0 saturated carbocycles. The van der Waals surface area contributed by atoms with Crippen molar-refractivity contribution in [3.05, 3.63) is 76.3 Å². The number of hydrogen-bond acceptors (Lipinski definition) is 6. The van der Waals surface area contributed by atoms with Gasteiger partial charge in [0.2, 0.25) is 0 Å². The zero-order valence-corrected chi connectivity index (χ0v) is 18.3. The summed E-state index contributed by atoms with van der Waals surface area (Å²) in [5.41, 5.74) is 7.82. The Morgan fingerprint density at radius 1 is 1.16 bits per heavy atom. The largest absolute Gasteiger partial charge is 0.391 e. The number of rotatable bonds is 5. The summed E-state index contributed by atoms with van der Waals surface area (Å²) in [6.07, 6.45) is 5.84. The molecule has 5 aromatic heterocycles. The van der Waals surface area contributed by atoms with E-state index in [4.69, 9.17) is 9.51 Å². The monoisotopic (exact) mass is 430 g/mol. The minimum absolute atomic E-state index is 0.0233. The zero-order valence-electron chi connectivity index (χ0n) is 17.5. The van der Waals surface area contributed by atoms with Gasteiger partial charge >= 0.3 is 0 Å². The summed E-state index contributed by atoms with van der Waals surface area (Å²) in [5, 5.41) is 15.7. The fraction of sp³-hybridized carbons (Fsp3) is 0.208. The van der Waals surface area contributed by atoms with Gasteiger partial charge in [0.05, 0.1) is 35.1 Å². The fourth-order valence-electron chi connectivity index (χ4n) is 4.06. The topological polar surface area (TPSA) is 77.0 Å². The molecule has 1 atom stereocenters. The number of pyridine rings is 2. The van der Waals surface area contributed by atoms with Crippen LogP contribution in [0.25, 0.3) is 33.3 Å². The lowest BCUT2D eigenvalue weighted by molar-refractivity contribution is 0.285. The first kappa shape index (κ1) is 19.7. The van der Waals surface area contributed by atoms with Gasteiger partial charge in [-0.15, -0.1) is 11.3 Å². The van der Waals surface area contributed by atoms with Crippen LogP contribution in [0.2, 0.25) is 0 Å². The molecule has 1 N–H and O–H groups in total. The lowest BCUT2D eigenvalue weighted by atomic mass is 10.0. The van der Waals surface area contributed by atoms with E-state index < -0.39 is 0 Å². The molecule has 0 bridgehead atoms. The zero-order chi connectivity index (χ0) is 21.5. The predicted octanol–water partition coefficient (Wildman–Crippen LogP) is 5.53. The highest BCUT2D eigenvalue weighted by Gasteiger charge is 2.20. The van der Waals surface area contributed by atoms with E-state index in [1.54, 1.807) is 11.3 Å². The number of aryl methyl sites for hydroxylation is 2. The molecule has 0 aromatic carbocycles. The smallest absolute Gasteiger partial charge is 0.141 e. The molecule has 0 aliphatic carbocycles. The van der Waals surface area contributed by atoms with E-state index in [0.717, 1.165) is 55.3 Å². The molecule has 5 heterocycles. The van der Waals surface area contributed by atoms with Crippen molar-refractivity contribution in [3.63, 3.8) is 0 Å². The maximum Gasteiger partial charge on any atom is 0.141 e. The summed E-state index contributed by atoms with van der Waals surface area (Å²) < 4.78 is 7.60. The van der Waals surface area contributed by atoms with E-state index in [1.165, 1.54) is 0 Å². The van der Waals surface area contributed by atoms with Crippen LogP contribution in [0.3, 0.4) is 0 Å². The van der Waals surface area contributed by atoms with Crippen molar-refractivity contribution in [3.8, 4) is 22.3 Å². The van der Waals surface area contributed by atoms with Gasteiger partial charge in [-0.1, -0.05) is 11.2 Å². The minimum atomic E-state index is 0.0233. The van der Waals surface area contributed by atoms with Gasteiger partial charge < -0.3 is 14.2 Å². The maximum atomic E-state index is 9.51. The van der Waals surface area contributed by atoms with Crippen molar-refractivity contribution in [1.29, 1.82) is 0 Å². The third kappa shape index (κ3) is 3.36. The van der Waals surface area contributed by atoms with Crippen LogP contribution < -0.4 is 0 Å². The molecule has 0 amide bonds. The lowest BCUT2D eigenvalue weighted by Gasteiger charge is -2.15. The summed E-state index contributed by atoms with van der Waals surface area (Å²) in [4.78, 5) is 10.4. The van der Waals surface area contributed by atoms with Crippen molar-refractivity contribution < 1.29 is 9.63 Å². The van der Waals surface area contributed by atoms with Gasteiger partial charge in [0.25, 0.3) is 0 Å². The van der Waals surface area contributed by atoms with E-state index in [0.29, 0.717) is 0 Å². The Hall–Kier alpha value is -3.29. The van der Waals surface area contributed by atoms with Crippen molar-refractivity contribution >= 4 is 22.4 Å². The second-order valence-electron chi connectivity index (χ2n) is 7.63. The SMILES string of the molecule is Cc1noc(C)c1-c1cnc2c(-c3csc(CO)c3)cn([C@@H](C)c3ccccn3)c2c1. The highest BCUT2D eigenvalue weighted by molar-refractivity contribution is 7.10. The molecule has 6 nitrogen and oxygen atoms in total. The van der Waals surface area contributed by atoms with Crippen LogP contribution in [-0.2, 0) is 6.61 Å². The normalized spacial score (nSPS) is 12.5. The number of hydrogen-bond donors (Lipinski definition) is 1. The molecule has 7 heteroatoms. The number of fused-ring (bicyclic) bond motifs is 1. The van der Waals surface area contributed by atoms with Crippen LogP contribution in [0.1, 0.15) is 35.0 Å². The molecule has 0 unspecified atom stereocenters. The Kier molecular flexibility index (Phi) is 4.92. The lowest BCUT2D eigenvalue weighted by Crippen LogP contribution is -2.07. The third-order valence-electron chi connectivity index (χ3n) is 5.64.